The van der Waals surface area contributed by atoms with Crippen molar-refractivity contribution >= 4 is 5.91 Å². The van der Waals surface area contributed by atoms with Crippen molar-refractivity contribution < 1.29 is 4.79 Å². The van der Waals surface area contributed by atoms with Gasteiger partial charge in [0.25, 0.3) is 5.91 Å². The summed E-state index contributed by atoms with van der Waals surface area (Å²) in [4.78, 5) is 10.7. The van der Waals surface area contributed by atoms with Crippen LogP contribution in [-0.4, -0.2) is 5.91 Å². The molecule has 1 rings (SSSR count). The van der Waals surface area contributed by atoms with Gasteiger partial charge >= 0.3 is 0 Å². The molecule has 0 heterocycles. The Morgan fingerprint density at radius 1 is 1.46 bits per heavy atom. The number of hydrogen-bond acceptors (Lipinski definition) is 1. The zero-order valence-corrected chi connectivity index (χ0v) is 7.84. The van der Waals surface area contributed by atoms with E-state index in [1.54, 1.807) is 6.07 Å². The van der Waals surface area contributed by atoms with Gasteiger partial charge in [0.2, 0.25) is 0 Å². The van der Waals surface area contributed by atoms with Gasteiger partial charge in [-0.25, -0.2) is 0 Å². The molecule has 0 saturated carbocycles. The van der Waals surface area contributed by atoms with E-state index in [1.165, 1.54) is 0 Å². The second-order valence-corrected chi connectivity index (χ2v) is 3.13. The molecule has 1 radical (unpaired) electrons. The van der Waals surface area contributed by atoms with E-state index in [4.69, 9.17) is 5.73 Å². The van der Waals surface area contributed by atoms with Gasteiger partial charge in [0, 0.05) is 5.56 Å². The lowest BCUT2D eigenvalue weighted by Gasteiger charge is -2.00. The lowest BCUT2D eigenvalue weighted by Crippen LogP contribution is -1.99. The first-order chi connectivity index (χ1) is 6.24. The molecule has 0 bridgehead atoms. The number of unbranched alkanes of at least 4 members (excludes halogenated alkanes) is 1. The summed E-state index contributed by atoms with van der Waals surface area (Å²) in [6.45, 7) is 2.14. The van der Waals surface area contributed by atoms with Crippen molar-refractivity contribution in [1.82, 2.24) is 5.73 Å². The normalized spacial score (nSPS) is 9.92. The van der Waals surface area contributed by atoms with E-state index in [0.717, 1.165) is 24.8 Å². The zero-order chi connectivity index (χ0) is 9.68. The van der Waals surface area contributed by atoms with Gasteiger partial charge in [0.15, 0.2) is 0 Å². The lowest BCUT2D eigenvalue weighted by atomic mass is 10.1. The highest BCUT2D eigenvalue weighted by molar-refractivity contribution is 5.92. The number of hydrogen-bond donors (Lipinski definition) is 0. The van der Waals surface area contributed by atoms with Crippen LogP contribution in [0.15, 0.2) is 24.3 Å². The lowest BCUT2D eigenvalue weighted by molar-refractivity contribution is 0.0992. The second kappa shape index (κ2) is 4.65. The highest BCUT2D eigenvalue weighted by Gasteiger charge is 2.00. The van der Waals surface area contributed by atoms with E-state index in [0.29, 0.717) is 5.56 Å². The largest absolute Gasteiger partial charge is 0.269 e. The summed E-state index contributed by atoms with van der Waals surface area (Å²) in [7, 11) is 0. The van der Waals surface area contributed by atoms with E-state index < -0.39 is 5.91 Å². The molecule has 0 fully saturated rings. The molecule has 13 heavy (non-hydrogen) atoms. The molecule has 0 spiro atoms. The SMILES string of the molecule is CCCCc1cccc(C([NH])=O)c1. The molecule has 0 aliphatic carbocycles. The van der Waals surface area contributed by atoms with E-state index in [-0.39, 0.29) is 0 Å². The molecule has 1 N–H and O–H groups in total. The summed E-state index contributed by atoms with van der Waals surface area (Å²) < 4.78 is 0. The minimum atomic E-state index is -0.599. The maximum atomic E-state index is 10.7. The van der Waals surface area contributed by atoms with Crippen LogP contribution in [0.5, 0.6) is 0 Å². The highest BCUT2D eigenvalue weighted by atomic mass is 16.1. The zero-order valence-electron chi connectivity index (χ0n) is 7.84. The summed E-state index contributed by atoms with van der Waals surface area (Å²) in [5.41, 5.74) is 8.60. The smallest absolute Gasteiger partial charge is 0.267 e. The van der Waals surface area contributed by atoms with Crippen LogP contribution in [-0.2, 0) is 6.42 Å². The molecule has 1 amide bonds. The number of nitrogens with one attached hydrogen (secondary N) is 1. The van der Waals surface area contributed by atoms with Crippen molar-refractivity contribution in [3.8, 4) is 0 Å². The van der Waals surface area contributed by atoms with Crippen LogP contribution < -0.4 is 5.73 Å². The Labute approximate surface area is 78.8 Å². The standard InChI is InChI=1S/C11H14NO/c1-2-3-5-9-6-4-7-10(8-9)11(12)13/h4,6-8,12H,2-3,5H2,1H3. The topological polar surface area (TPSA) is 40.9 Å². The van der Waals surface area contributed by atoms with Gasteiger partial charge in [-0.3, -0.25) is 10.5 Å². The van der Waals surface area contributed by atoms with Crippen molar-refractivity contribution in [2.24, 2.45) is 0 Å². The first kappa shape index (κ1) is 9.78. The fraction of sp³-hybridized carbons (Fsp3) is 0.364. The Morgan fingerprint density at radius 3 is 2.85 bits per heavy atom. The van der Waals surface area contributed by atoms with Crippen LogP contribution in [0.4, 0.5) is 0 Å². The Kier molecular flexibility index (Phi) is 3.50. The Bertz CT molecular complexity index is 294. The molecule has 69 valence electrons. The number of aryl methyl sites for hydroxylation is 1. The molecule has 1 aromatic rings. The first-order valence-electron chi connectivity index (χ1n) is 4.59. The molecule has 0 aliphatic heterocycles. The Balaban J connectivity index is 2.73. The van der Waals surface area contributed by atoms with Crippen LogP contribution in [0.25, 0.3) is 0 Å². The van der Waals surface area contributed by atoms with Gasteiger partial charge in [-0.05, 0) is 30.5 Å². The molecule has 0 aliphatic rings. The third-order valence-corrected chi connectivity index (χ3v) is 2.01. The molecule has 0 atom stereocenters. The summed E-state index contributed by atoms with van der Waals surface area (Å²) in [5.74, 6) is -0.599. The molecule has 0 aromatic heterocycles. The van der Waals surface area contributed by atoms with Crippen LogP contribution in [0.3, 0.4) is 0 Å². The maximum Gasteiger partial charge on any atom is 0.269 e. The Morgan fingerprint density at radius 2 is 2.23 bits per heavy atom. The average Bonchev–Trinajstić information content (AvgIpc) is 2.15. The van der Waals surface area contributed by atoms with E-state index >= 15 is 0 Å². The predicted molar refractivity (Wildman–Crippen MR) is 52.5 cm³/mol. The molecule has 2 nitrogen and oxygen atoms in total. The summed E-state index contributed by atoms with van der Waals surface area (Å²) in [6, 6.07) is 7.34. The summed E-state index contributed by atoms with van der Waals surface area (Å²) in [5, 5.41) is 0. The van der Waals surface area contributed by atoms with Crippen molar-refractivity contribution in [1.29, 1.82) is 0 Å². The number of carbonyl (C=O) groups is 1. The second-order valence-electron chi connectivity index (χ2n) is 3.13. The van der Waals surface area contributed by atoms with E-state index in [1.807, 2.05) is 18.2 Å². The molecule has 1 aromatic carbocycles. The fourth-order valence-corrected chi connectivity index (χ4v) is 1.25. The summed E-state index contributed by atoms with van der Waals surface area (Å²) in [6.07, 6.45) is 3.28. The fourth-order valence-electron chi connectivity index (χ4n) is 1.25. The van der Waals surface area contributed by atoms with Gasteiger partial charge in [-0.15, -0.1) is 0 Å². The van der Waals surface area contributed by atoms with Crippen molar-refractivity contribution in [3.05, 3.63) is 35.4 Å². The van der Waals surface area contributed by atoms with Crippen molar-refractivity contribution in [2.45, 2.75) is 26.2 Å². The highest BCUT2D eigenvalue weighted by Crippen LogP contribution is 2.08. The van der Waals surface area contributed by atoms with E-state index in [2.05, 4.69) is 6.92 Å². The first-order valence-corrected chi connectivity index (χ1v) is 4.59. The number of rotatable bonds is 4. The van der Waals surface area contributed by atoms with Gasteiger partial charge in [-0.2, -0.15) is 0 Å². The predicted octanol–water partition coefficient (Wildman–Crippen LogP) is 2.45. The van der Waals surface area contributed by atoms with Crippen LogP contribution in [0.1, 0.15) is 35.7 Å². The van der Waals surface area contributed by atoms with Crippen molar-refractivity contribution in [2.75, 3.05) is 0 Å². The summed E-state index contributed by atoms with van der Waals surface area (Å²) >= 11 is 0. The molecular weight excluding hydrogens is 162 g/mol. The third-order valence-electron chi connectivity index (χ3n) is 2.01. The van der Waals surface area contributed by atoms with Gasteiger partial charge in [0.1, 0.15) is 0 Å². The maximum absolute atomic E-state index is 10.7. The van der Waals surface area contributed by atoms with Gasteiger partial charge in [0.05, 0.1) is 0 Å². The molecular formula is C11H14NO. The Hall–Kier alpha value is -1.31. The van der Waals surface area contributed by atoms with Crippen molar-refractivity contribution in [3.63, 3.8) is 0 Å². The minimum Gasteiger partial charge on any atom is -0.267 e. The number of carbonyl (C=O) groups excluding carboxylic acids is 1. The van der Waals surface area contributed by atoms with Gasteiger partial charge in [-0.1, -0.05) is 25.5 Å². The third kappa shape index (κ3) is 2.90. The molecule has 0 unspecified atom stereocenters. The van der Waals surface area contributed by atoms with Crippen LogP contribution in [0, 0.1) is 0 Å². The minimum absolute atomic E-state index is 0.494. The molecule has 0 saturated heterocycles. The molecule has 2 heteroatoms. The van der Waals surface area contributed by atoms with Crippen LogP contribution >= 0.6 is 0 Å². The number of amides is 1. The quantitative estimate of drug-likeness (QED) is 0.694. The van der Waals surface area contributed by atoms with E-state index in [9.17, 15) is 4.79 Å². The monoisotopic (exact) mass is 176 g/mol. The number of benzene rings is 1. The average molecular weight is 176 g/mol. The van der Waals surface area contributed by atoms with Crippen LogP contribution in [0.2, 0.25) is 0 Å². The van der Waals surface area contributed by atoms with Gasteiger partial charge < -0.3 is 0 Å².